The number of nitro groups is 1. The van der Waals surface area contributed by atoms with E-state index in [1.54, 1.807) is 0 Å². The van der Waals surface area contributed by atoms with Gasteiger partial charge in [-0.05, 0) is 54.5 Å². The van der Waals surface area contributed by atoms with Crippen LogP contribution in [0.15, 0.2) is 83.8 Å². The number of carbonyl (C=O) groups is 1. The average Bonchev–Trinajstić information content (AvgIpc) is 3.30. The number of sulfonamides is 1. The molecule has 1 aliphatic carbocycles. The van der Waals surface area contributed by atoms with Gasteiger partial charge in [0.25, 0.3) is 5.69 Å². The number of nitrogens with one attached hydrogen (secondary N) is 2. The van der Waals surface area contributed by atoms with Crippen molar-refractivity contribution in [1.29, 1.82) is 0 Å². The SMILES string of the molecule is O=C(NC1Cc2ccccc2C1)[C@H](Cc1ccccc1)C[C@H](O)CNS(=O)(=O)c1ccc([N+](=O)[O-])cc1. The number of nitro benzene ring substituents is 1. The summed E-state index contributed by atoms with van der Waals surface area (Å²) in [7, 11) is -4.00. The highest BCUT2D eigenvalue weighted by molar-refractivity contribution is 7.89. The van der Waals surface area contributed by atoms with Crippen LogP contribution in [0.1, 0.15) is 23.1 Å². The van der Waals surface area contributed by atoms with Crippen molar-refractivity contribution < 1.29 is 23.2 Å². The number of benzene rings is 3. The minimum atomic E-state index is -4.00. The van der Waals surface area contributed by atoms with E-state index < -0.39 is 27.0 Å². The lowest BCUT2D eigenvalue weighted by atomic mass is 9.92. The van der Waals surface area contributed by atoms with Gasteiger partial charge in [0, 0.05) is 30.6 Å². The first-order valence-corrected chi connectivity index (χ1v) is 13.5. The Hall–Kier alpha value is -3.60. The van der Waals surface area contributed by atoms with E-state index in [1.807, 2.05) is 42.5 Å². The van der Waals surface area contributed by atoms with Crippen LogP contribution >= 0.6 is 0 Å². The Bertz CT molecular complexity index is 1320. The second kappa shape index (κ2) is 11.6. The number of aliphatic hydroxyl groups excluding tert-OH is 1. The maximum Gasteiger partial charge on any atom is 0.269 e. The van der Waals surface area contributed by atoms with Gasteiger partial charge >= 0.3 is 0 Å². The average molecular weight is 524 g/mol. The standard InChI is InChI=1S/C27H29N3O6S/c31-25(18-28-37(35,36)26-12-10-24(11-13-26)30(33)34)17-22(14-19-6-2-1-3-7-19)27(32)29-23-15-20-8-4-5-9-21(20)16-23/h1-13,22-23,25,28,31H,14-18H2,(H,29,32)/t22-,25+/m1/s1. The molecule has 3 aromatic carbocycles. The van der Waals surface area contributed by atoms with Gasteiger partial charge in [-0.15, -0.1) is 0 Å². The number of carbonyl (C=O) groups excluding carboxylic acids is 1. The summed E-state index contributed by atoms with van der Waals surface area (Å²) in [6.45, 7) is -0.299. The fourth-order valence-corrected chi connectivity index (χ4v) is 5.68. The number of nitrogens with zero attached hydrogens (tertiary/aromatic N) is 1. The predicted octanol–water partition coefficient (Wildman–Crippen LogP) is 2.77. The van der Waals surface area contributed by atoms with Crippen LogP contribution in [0.5, 0.6) is 0 Å². The fourth-order valence-electron chi connectivity index (χ4n) is 4.61. The van der Waals surface area contributed by atoms with Gasteiger partial charge in [-0.3, -0.25) is 14.9 Å². The van der Waals surface area contributed by atoms with Gasteiger partial charge in [-0.1, -0.05) is 54.6 Å². The largest absolute Gasteiger partial charge is 0.392 e. The highest BCUT2D eigenvalue weighted by Gasteiger charge is 2.28. The monoisotopic (exact) mass is 523 g/mol. The normalized spacial score (nSPS) is 15.1. The van der Waals surface area contributed by atoms with Crippen LogP contribution in [0.2, 0.25) is 0 Å². The van der Waals surface area contributed by atoms with Crippen molar-refractivity contribution in [1.82, 2.24) is 10.0 Å². The Labute approximate surface area is 215 Å². The van der Waals surface area contributed by atoms with Crippen molar-refractivity contribution in [2.24, 2.45) is 5.92 Å². The molecule has 3 aromatic rings. The molecule has 3 N–H and O–H groups in total. The molecule has 10 heteroatoms. The Morgan fingerprint density at radius 2 is 1.57 bits per heavy atom. The number of fused-ring (bicyclic) bond motifs is 1. The lowest BCUT2D eigenvalue weighted by Crippen LogP contribution is -2.42. The minimum Gasteiger partial charge on any atom is -0.392 e. The van der Waals surface area contributed by atoms with Crippen LogP contribution in [-0.4, -0.2) is 43.0 Å². The maximum absolute atomic E-state index is 13.3. The molecule has 0 unspecified atom stereocenters. The summed E-state index contributed by atoms with van der Waals surface area (Å²) < 4.78 is 27.5. The summed E-state index contributed by atoms with van der Waals surface area (Å²) in [5.74, 6) is -0.746. The van der Waals surface area contributed by atoms with Crippen molar-refractivity contribution in [2.45, 2.75) is 42.7 Å². The van der Waals surface area contributed by atoms with Gasteiger partial charge in [0.15, 0.2) is 0 Å². The van der Waals surface area contributed by atoms with Crippen LogP contribution < -0.4 is 10.0 Å². The zero-order valence-electron chi connectivity index (χ0n) is 20.1. The third-order valence-electron chi connectivity index (χ3n) is 6.52. The Morgan fingerprint density at radius 3 is 2.16 bits per heavy atom. The molecule has 194 valence electrons. The summed E-state index contributed by atoms with van der Waals surface area (Å²) in [4.78, 5) is 23.3. The molecular weight excluding hydrogens is 494 g/mol. The van der Waals surface area contributed by atoms with Gasteiger partial charge in [0.1, 0.15) is 0 Å². The lowest BCUT2D eigenvalue weighted by molar-refractivity contribution is -0.384. The number of hydrogen-bond acceptors (Lipinski definition) is 6. The van der Waals surface area contributed by atoms with E-state index in [2.05, 4.69) is 22.2 Å². The maximum atomic E-state index is 13.3. The first-order chi connectivity index (χ1) is 17.7. The van der Waals surface area contributed by atoms with Crippen molar-refractivity contribution in [3.8, 4) is 0 Å². The van der Waals surface area contributed by atoms with Crippen LogP contribution in [0.25, 0.3) is 0 Å². The van der Waals surface area contributed by atoms with Crippen LogP contribution in [0, 0.1) is 16.0 Å². The molecule has 0 spiro atoms. The molecule has 0 bridgehead atoms. The van der Waals surface area contributed by atoms with E-state index >= 15 is 0 Å². The van der Waals surface area contributed by atoms with Crippen molar-refractivity contribution in [3.05, 3.63) is 106 Å². The summed E-state index contributed by atoms with van der Waals surface area (Å²) in [5, 5.41) is 24.6. The molecule has 4 rings (SSSR count). The lowest BCUT2D eigenvalue weighted by Gasteiger charge is -2.22. The summed E-state index contributed by atoms with van der Waals surface area (Å²) in [5.41, 5.74) is 3.15. The third kappa shape index (κ3) is 7.00. The van der Waals surface area contributed by atoms with Gasteiger partial charge in [-0.25, -0.2) is 13.1 Å². The molecule has 0 aliphatic heterocycles. The van der Waals surface area contributed by atoms with Crippen molar-refractivity contribution >= 4 is 21.6 Å². The highest BCUT2D eigenvalue weighted by Crippen LogP contribution is 2.23. The molecule has 0 saturated carbocycles. The molecule has 1 amide bonds. The molecule has 37 heavy (non-hydrogen) atoms. The number of rotatable bonds is 11. The van der Waals surface area contributed by atoms with Crippen molar-refractivity contribution in [2.75, 3.05) is 6.54 Å². The van der Waals surface area contributed by atoms with Crippen LogP contribution in [0.4, 0.5) is 5.69 Å². The quantitative estimate of drug-likeness (QED) is 0.261. The molecule has 1 aliphatic rings. The third-order valence-corrected chi connectivity index (χ3v) is 7.96. The van der Waals surface area contributed by atoms with Gasteiger partial charge in [0.2, 0.25) is 15.9 Å². The van der Waals surface area contributed by atoms with E-state index in [9.17, 15) is 28.4 Å². The Morgan fingerprint density at radius 1 is 0.973 bits per heavy atom. The van der Waals surface area contributed by atoms with E-state index in [4.69, 9.17) is 0 Å². The van der Waals surface area contributed by atoms with E-state index in [0.717, 1.165) is 42.7 Å². The second-order valence-corrected chi connectivity index (χ2v) is 11.0. The van der Waals surface area contributed by atoms with Gasteiger partial charge in [-0.2, -0.15) is 0 Å². The van der Waals surface area contributed by atoms with Crippen LogP contribution in [0.3, 0.4) is 0 Å². The van der Waals surface area contributed by atoms with Crippen LogP contribution in [-0.2, 0) is 34.1 Å². The zero-order chi connectivity index (χ0) is 26.4. The molecular formula is C27H29N3O6S. The molecule has 0 aromatic heterocycles. The van der Waals surface area contributed by atoms with Gasteiger partial charge in [0.05, 0.1) is 15.9 Å². The summed E-state index contributed by atoms with van der Waals surface area (Å²) in [6, 6.07) is 22.0. The smallest absolute Gasteiger partial charge is 0.269 e. The molecule has 0 radical (unpaired) electrons. The Kier molecular flexibility index (Phi) is 8.32. The number of aliphatic hydroxyl groups is 1. The fraction of sp³-hybridized carbons (Fsp3) is 0.296. The summed E-state index contributed by atoms with van der Waals surface area (Å²) in [6.07, 6.45) is 0.838. The molecule has 2 atom stereocenters. The second-order valence-electron chi connectivity index (χ2n) is 9.26. The topological polar surface area (TPSA) is 139 Å². The molecule has 0 fully saturated rings. The number of hydrogen-bond donors (Lipinski definition) is 3. The molecule has 0 saturated heterocycles. The van der Waals surface area contributed by atoms with E-state index in [0.29, 0.717) is 6.42 Å². The van der Waals surface area contributed by atoms with Crippen molar-refractivity contribution in [3.63, 3.8) is 0 Å². The first kappa shape index (κ1) is 26.5. The molecule has 9 nitrogen and oxygen atoms in total. The van der Waals surface area contributed by atoms with E-state index in [-0.39, 0.29) is 35.5 Å². The van der Waals surface area contributed by atoms with E-state index in [1.165, 1.54) is 11.1 Å². The number of amides is 1. The molecule has 0 heterocycles. The Balaban J connectivity index is 1.39. The van der Waals surface area contributed by atoms with Gasteiger partial charge < -0.3 is 10.4 Å². The summed E-state index contributed by atoms with van der Waals surface area (Å²) >= 11 is 0. The highest BCUT2D eigenvalue weighted by atomic mass is 32.2. The predicted molar refractivity (Wildman–Crippen MR) is 138 cm³/mol. The minimum absolute atomic E-state index is 0.0269. The first-order valence-electron chi connectivity index (χ1n) is 12.0. The zero-order valence-corrected chi connectivity index (χ0v) is 20.9. The number of non-ortho nitro benzene ring substituents is 1.